The van der Waals surface area contributed by atoms with Crippen molar-refractivity contribution in [1.29, 1.82) is 0 Å². The average Bonchev–Trinajstić information content (AvgIpc) is 2.75. The Kier molecular flexibility index (Phi) is 6.08. The number of nitrogen functional groups attached to an aromatic ring is 1. The number of rotatable bonds is 7. The minimum absolute atomic E-state index is 0.116. The van der Waals surface area contributed by atoms with Crippen LogP contribution in [0.25, 0.3) is 0 Å². The van der Waals surface area contributed by atoms with Crippen LogP contribution in [-0.2, 0) is 0 Å². The first-order valence-electron chi connectivity index (χ1n) is 6.71. The predicted molar refractivity (Wildman–Crippen MR) is 81.9 cm³/mol. The van der Waals surface area contributed by atoms with E-state index in [2.05, 4.69) is 24.1 Å². The minimum atomic E-state index is -0.116. The van der Waals surface area contributed by atoms with Crippen molar-refractivity contribution < 1.29 is 4.79 Å². The van der Waals surface area contributed by atoms with E-state index in [1.165, 1.54) is 11.3 Å². The van der Waals surface area contributed by atoms with Crippen LogP contribution in [0.1, 0.15) is 43.3 Å². The molecule has 5 nitrogen and oxygen atoms in total. The first-order chi connectivity index (χ1) is 8.95. The lowest BCUT2D eigenvalue weighted by molar-refractivity contribution is 0.0957. The molecule has 0 aromatic carbocycles. The number of thiazole rings is 1. The van der Waals surface area contributed by atoms with Gasteiger partial charge in [-0.05, 0) is 25.7 Å². The molecule has 3 N–H and O–H groups in total. The zero-order valence-corrected chi connectivity index (χ0v) is 13.0. The molecule has 0 unspecified atom stereocenters. The fourth-order valence-electron chi connectivity index (χ4n) is 1.57. The van der Waals surface area contributed by atoms with Gasteiger partial charge in [-0.2, -0.15) is 0 Å². The van der Waals surface area contributed by atoms with E-state index < -0.39 is 0 Å². The third kappa shape index (κ3) is 4.70. The van der Waals surface area contributed by atoms with Crippen molar-refractivity contribution in [2.24, 2.45) is 5.92 Å². The van der Waals surface area contributed by atoms with Crippen molar-refractivity contribution in [3.05, 3.63) is 4.88 Å². The van der Waals surface area contributed by atoms with Gasteiger partial charge in [-0.1, -0.05) is 25.2 Å². The molecule has 6 heteroatoms. The van der Waals surface area contributed by atoms with E-state index in [9.17, 15) is 4.79 Å². The van der Waals surface area contributed by atoms with E-state index in [1.807, 2.05) is 18.9 Å². The summed E-state index contributed by atoms with van der Waals surface area (Å²) in [6.45, 7) is 7.91. The summed E-state index contributed by atoms with van der Waals surface area (Å²) in [6, 6.07) is 0. The van der Waals surface area contributed by atoms with Crippen LogP contribution in [0.2, 0.25) is 0 Å². The van der Waals surface area contributed by atoms with Gasteiger partial charge in [-0.25, -0.2) is 4.98 Å². The zero-order valence-electron chi connectivity index (χ0n) is 12.2. The smallest absolute Gasteiger partial charge is 0.265 e. The predicted octanol–water partition coefficient (Wildman–Crippen LogP) is 2.35. The van der Waals surface area contributed by atoms with Crippen molar-refractivity contribution in [3.63, 3.8) is 0 Å². The molecule has 1 heterocycles. The van der Waals surface area contributed by atoms with Crippen LogP contribution in [0.15, 0.2) is 0 Å². The molecule has 0 aliphatic carbocycles. The van der Waals surface area contributed by atoms with E-state index in [4.69, 9.17) is 5.73 Å². The highest BCUT2D eigenvalue weighted by Crippen LogP contribution is 2.27. The number of carbonyl (C=O) groups excluding carboxylic acids is 1. The van der Waals surface area contributed by atoms with E-state index in [0.717, 1.165) is 24.5 Å². The molecule has 0 spiro atoms. The van der Waals surface area contributed by atoms with Gasteiger partial charge < -0.3 is 16.0 Å². The maximum Gasteiger partial charge on any atom is 0.265 e. The number of carbonyl (C=O) groups is 1. The fraction of sp³-hybridized carbons (Fsp3) is 0.692. The Morgan fingerprint density at radius 2 is 2.21 bits per heavy atom. The molecule has 0 aliphatic heterocycles. The van der Waals surface area contributed by atoms with E-state index in [-0.39, 0.29) is 5.91 Å². The van der Waals surface area contributed by atoms with Crippen LogP contribution < -0.4 is 16.0 Å². The maximum atomic E-state index is 12.0. The van der Waals surface area contributed by atoms with Gasteiger partial charge in [-0.15, -0.1) is 0 Å². The monoisotopic (exact) mass is 284 g/mol. The Balaban J connectivity index is 2.55. The lowest BCUT2D eigenvalue weighted by Crippen LogP contribution is -2.24. The molecule has 0 saturated carbocycles. The second kappa shape index (κ2) is 7.33. The summed E-state index contributed by atoms with van der Waals surface area (Å²) in [5.74, 6) is 0.867. The molecule has 0 fully saturated rings. The summed E-state index contributed by atoms with van der Waals surface area (Å²) < 4.78 is 0. The summed E-state index contributed by atoms with van der Waals surface area (Å²) in [4.78, 5) is 18.7. The average molecular weight is 284 g/mol. The zero-order chi connectivity index (χ0) is 14.4. The molecular weight excluding hydrogens is 260 g/mol. The normalized spacial score (nSPS) is 10.8. The number of hydrogen-bond acceptors (Lipinski definition) is 5. The Labute approximate surface area is 119 Å². The molecule has 1 aromatic heterocycles. The summed E-state index contributed by atoms with van der Waals surface area (Å²) in [5.41, 5.74) is 5.80. The first kappa shape index (κ1) is 15.8. The highest BCUT2D eigenvalue weighted by atomic mass is 32.1. The van der Waals surface area contributed by atoms with E-state index in [0.29, 0.717) is 23.2 Å². The fourth-order valence-corrected chi connectivity index (χ4v) is 2.50. The SMILES string of the molecule is CCN(C)c1nc(N)c(C(=O)NCCCC(C)C)s1. The number of nitrogens with two attached hydrogens (primary N) is 1. The lowest BCUT2D eigenvalue weighted by atomic mass is 10.1. The Hall–Kier alpha value is -1.30. The van der Waals surface area contributed by atoms with Crippen molar-refractivity contribution in [3.8, 4) is 0 Å². The van der Waals surface area contributed by atoms with Gasteiger partial charge in [0.2, 0.25) is 0 Å². The molecule has 0 radical (unpaired) electrons. The van der Waals surface area contributed by atoms with Gasteiger partial charge in [-0.3, -0.25) is 4.79 Å². The number of nitrogens with zero attached hydrogens (tertiary/aromatic N) is 2. The van der Waals surface area contributed by atoms with Crippen LogP contribution >= 0.6 is 11.3 Å². The molecule has 0 saturated heterocycles. The van der Waals surface area contributed by atoms with Gasteiger partial charge in [0.05, 0.1) is 0 Å². The molecule has 108 valence electrons. The third-order valence-corrected chi connectivity index (χ3v) is 4.08. The maximum absolute atomic E-state index is 12.0. The van der Waals surface area contributed by atoms with Crippen molar-refractivity contribution in [2.75, 3.05) is 30.8 Å². The number of amides is 1. The number of anilines is 2. The number of aromatic nitrogens is 1. The van der Waals surface area contributed by atoms with Gasteiger partial charge in [0, 0.05) is 20.1 Å². The summed E-state index contributed by atoms with van der Waals surface area (Å²) in [7, 11) is 1.93. The molecule has 1 rings (SSSR count). The van der Waals surface area contributed by atoms with Gasteiger partial charge in [0.1, 0.15) is 10.7 Å². The standard InChI is InChI=1S/C13H24N4OS/c1-5-17(4)13-16-11(14)10(19-13)12(18)15-8-6-7-9(2)3/h9H,5-8,14H2,1-4H3,(H,15,18). The van der Waals surface area contributed by atoms with Crippen molar-refractivity contribution in [1.82, 2.24) is 10.3 Å². The highest BCUT2D eigenvalue weighted by molar-refractivity contribution is 7.18. The minimum Gasteiger partial charge on any atom is -0.382 e. The second-order valence-corrected chi connectivity index (χ2v) is 5.99. The van der Waals surface area contributed by atoms with Crippen LogP contribution in [0.3, 0.4) is 0 Å². The van der Waals surface area contributed by atoms with Gasteiger partial charge >= 0.3 is 0 Å². The Morgan fingerprint density at radius 1 is 1.53 bits per heavy atom. The quantitative estimate of drug-likeness (QED) is 0.754. The van der Waals surface area contributed by atoms with E-state index in [1.54, 1.807) is 0 Å². The second-order valence-electron chi connectivity index (χ2n) is 5.02. The summed E-state index contributed by atoms with van der Waals surface area (Å²) in [5, 5.41) is 3.68. The van der Waals surface area contributed by atoms with Crippen LogP contribution in [0.5, 0.6) is 0 Å². The van der Waals surface area contributed by atoms with Crippen LogP contribution in [0.4, 0.5) is 10.9 Å². The van der Waals surface area contributed by atoms with Gasteiger partial charge in [0.25, 0.3) is 5.91 Å². The summed E-state index contributed by atoms with van der Waals surface area (Å²) >= 11 is 1.34. The highest BCUT2D eigenvalue weighted by Gasteiger charge is 2.17. The molecule has 0 atom stereocenters. The van der Waals surface area contributed by atoms with Crippen LogP contribution in [0, 0.1) is 5.92 Å². The van der Waals surface area contributed by atoms with E-state index >= 15 is 0 Å². The first-order valence-corrected chi connectivity index (χ1v) is 7.53. The van der Waals surface area contributed by atoms with Crippen molar-refractivity contribution in [2.45, 2.75) is 33.6 Å². The molecule has 19 heavy (non-hydrogen) atoms. The third-order valence-electron chi connectivity index (χ3n) is 2.89. The van der Waals surface area contributed by atoms with Gasteiger partial charge in [0.15, 0.2) is 5.13 Å². The molecular formula is C13H24N4OS. The Morgan fingerprint density at radius 3 is 2.79 bits per heavy atom. The summed E-state index contributed by atoms with van der Waals surface area (Å²) in [6.07, 6.45) is 2.10. The number of nitrogens with one attached hydrogen (secondary N) is 1. The molecule has 0 aliphatic rings. The van der Waals surface area contributed by atoms with Crippen LogP contribution in [-0.4, -0.2) is 31.0 Å². The number of hydrogen-bond donors (Lipinski definition) is 2. The molecule has 0 bridgehead atoms. The lowest BCUT2D eigenvalue weighted by Gasteiger charge is -2.10. The topological polar surface area (TPSA) is 71.2 Å². The molecule has 1 aromatic rings. The largest absolute Gasteiger partial charge is 0.382 e. The Bertz CT molecular complexity index is 417. The molecule has 1 amide bonds. The van der Waals surface area contributed by atoms with Crippen molar-refractivity contribution >= 4 is 28.2 Å².